The van der Waals surface area contributed by atoms with E-state index in [0.29, 0.717) is 29.6 Å². The Morgan fingerprint density at radius 1 is 1.36 bits per heavy atom. The number of likely N-dealkylation sites (tertiary alicyclic amines) is 1. The molecule has 1 saturated heterocycles. The summed E-state index contributed by atoms with van der Waals surface area (Å²) in [5.74, 6) is 0.572. The molecule has 0 aromatic heterocycles. The summed E-state index contributed by atoms with van der Waals surface area (Å²) in [5, 5.41) is 0.525. The van der Waals surface area contributed by atoms with Gasteiger partial charge in [0.2, 0.25) is 11.8 Å². The summed E-state index contributed by atoms with van der Waals surface area (Å²) in [6, 6.07) is 7.22. The number of halogens is 1. The molecule has 1 atom stereocenters. The first-order valence-corrected chi connectivity index (χ1v) is 8.17. The third-order valence-electron chi connectivity index (χ3n) is 4.08. The van der Waals surface area contributed by atoms with Crippen molar-refractivity contribution < 1.29 is 9.59 Å². The molecule has 1 heterocycles. The Balaban J connectivity index is 1.99. The molecule has 1 unspecified atom stereocenters. The van der Waals surface area contributed by atoms with E-state index in [2.05, 4.69) is 6.92 Å². The second kappa shape index (κ2) is 7.63. The van der Waals surface area contributed by atoms with Crippen LogP contribution in [0.4, 0.5) is 5.69 Å². The number of para-hydroxylation sites is 1. The Morgan fingerprint density at radius 2 is 2.09 bits per heavy atom. The molecule has 2 amide bonds. The predicted octanol–water partition coefficient (Wildman–Crippen LogP) is 3.34. The van der Waals surface area contributed by atoms with Gasteiger partial charge in [-0.15, -0.1) is 0 Å². The van der Waals surface area contributed by atoms with Crippen molar-refractivity contribution in [2.45, 2.75) is 33.1 Å². The minimum absolute atomic E-state index is 0.104. The minimum atomic E-state index is -0.104. The van der Waals surface area contributed by atoms with E-state index in [9.17, 15) is 9.59 Å². The zero-order chi connectivity index (χ0) is 16.1. The van der Waals surface area contributed by atoms with Gasteiger partial charge in [-0.3, -0.25) is 9.59 Å². The van der Waals surface area contributed by atoms with E-state index in [1.165, 1.54) is 13.3 Å². The van der Waals surface area contributed by atoms with E-state index < -0.39 is 0 Å². The predicted molar refractivity (Wildman–Crippen MR) is 89.1 cm³/mol. The molecule has 22 heavy (non-hydrogen) atoms. The van der Waals surface area contributed by atoms with E-state index in [4.69, 9.17) is 11.6 Å². The fourth-order valence-electron chi connectivity index (χ4n) is 2.90. The number of hydrogen-bond acceptors (Lipinski definition) is 2. The van der Waals surface area contributed by atoms with Gasteiger partial charge in [0.05, 0.1) is 10.7 Å². The lowest BCUT2D eigenvalue weighted by atomic mass is 10.00. The zero-order valence-corrected chi connectivity index (χ0v) is 14.0. The van der Waals surface area contributed by atoms with Crippen molar-refractivity contribution >= 4 is 29.1 Å². The molecule has 1 fully saturated rings. The Kier molecular flexibility index (Phi) is 5.83. The molecule has 0 saturated carbocycles. The number of hydrogen-bond donors (Lipinski definition) is 0. The van der Waals surface area contributed by atoms with Crippen LogP contribution < -0.4 is 4.90 Å². The van der Waals surface area contributed by atoms with Crippen molar-refractivity contribution in [1.82, 2.24) is 4.90 Å². The summed E-state index contributed by atoms with van der Waals surface area (Å²) in [4.78, 5) is 27.7. The van der Waals surface area contributed by atoms with Crippen molar-refractivity contribution in [3.05, 3.63) is 29.3 Å². The van der Waals surface area contributed by atoms with Crippen molar-refractivity contribution in [1.29, 1.82) is 0 Å². The van der Waals surface area contributed by atoms with Gasteiger partial charge < -0.3 is 9.80 Å². The standard InChI is InChI=1S/C17H23ClN2O2/c1-13-6-5-10-19(12-13)17(22)9-11-20(14(2)21)16-8-4-3-7-15(16)18/h3-4,7-8,13H,5-6,9-12H2,1-2H3. The average Bonchev–Trinajstić information content (AvgIpc) is 2.48. The van der Waals surface area contributed by atoms with Gasteiger partial charge in [0.25, 0.3) is 0 Å². The molecule has 1 aromatic carbocycles. The molecule has 0 bridgehead atoms. The van der Waals surface area contributed by atoms with E-state index in [1.807, 2.05) is 17.0 Å². The van der Waals surface area contributed by atoms with Gasteiger partial charge >= 0.3 is 0 Å². The van der Waals surface area contributed by atoms with E-state index in [1.54, 1.807) is 17.0 Å². The highest BCUT2D eigenvalue weighted by molar-refractivity contribution is 6.33. The number of rotatable bonds is 4. The van der Waals surface area contributed by atoms with Crippen LogP contribution in [0.15, 0.2) is 24.3 Å². The lowest BCUT2D eigenvalue weighted by Crippen LogP contribution is -2.41. The third-order valence-corrected chi connectivity index (χ3v) is 4.40. The Hall–Kier alpha value is -1.55. The minimum Gasteiger partial charge on any atom is -0.342 e. The van der Waals surface area contributed by atoms with Crippen LogP contribution in [-0.4, -0.2) is 36.3 Å². The van der Waals surface area contributed by atoms with Gasteiger partial charge in [0.1, 0.15) is 0 Å². The number of nitrogens with zero attached hydrogens (tertiary/aromatic N) is 2. The summed E-state index contributed by atoms with van der Waals surface area (Å²) in [5.41, 5.74) is 0.663. The number of carbonyl (C=O) groups is 2. The summed E-state index contributed by atoms with van der Waals surface area (Å²) in [7, 11) is 0. The number of piperidine rings is 1. The number of carbonyl (C=O) groups excluding carboxylic acids is 2. The summed E-state index contributed by atoms with van der Waals surface area (Å²) < 4.78 is 0. The molecule has 2 rings (SSSR count). The maximum atomic E-state index is 12.3. The molecular weight excluding hydrogens is 300 g/mol. The second-order valence-corrected chi connectivity index (χ2v) is 6.37. The van der Waals surface area contributed by atoms with Gasteiger partial charge in [-0.25, -0.2) is 0 Å². The summed E-state index contributed by atoms with van der Waals surface area (Å²) in [6.07, 6.45) is 2.58. The van der Waals surface area contributed by atoms with Gasteiger partial charge in [0.15, 0.2) is 0 Å². The normalized spacial score (nSPS) is 18.1. The fraction of sp³-hybridized carbons (Fsp3) is 0.529. The smallest absolute Gasteiger partial charge is 0.224 e. The van der Waals surface area contributed by atoms with Gasteiger partial charge in [-0.05, 0) is 30.9 Å². The highest BCUT2D eigenvalue weighted by Crippen LogP contribution is 2.25. The maximum Gasteiger partial charge on any atom is 0.224 e. The lowest BCUT2D eigenvalue weighted by Gasteiger charge is -2.31. The molecule has 1 aliphatic heterocycles. The van der Waals surface area contributed by atoms with Crippen LogP contribution in [0.1, 0.15) is 33.1 Å². The Morgan fingerprint density at radius 3 is 2.73 bits per heavy atom. The molecule has 0 N–H and O–H groups in total. The van der Waals surface area contributed by atoms with Crippen LogP contribution in [0.5, 0.6) is 0 Å². The fourth-order valence-corrected chi connectivity index (χ4v) is 3.14. The third kappa shape index (κ3) is 4.23. The highest BCUT2D eigenvalue weighted by atomic mass is 35.5. The average molecular weight is 323 g/mol. The van der Waals surface area contributed by atoms with Crippen molar-refractivity contribution in [2.24, 2.45) is 5.92 Å². The second-order valence-electron chi connectivity index (χ2n) is 5.96. The van der Waals surface area contributed by atoms with E-state index >= 15 is 0 Å². The monoisotopic (exact) mass is 322 g/mol. The lowest BCUT2D eigenvalue weighted by molar-refractivity contribution is -0.132. The number of benzene rings is 1. The number of anilines is 1. The largest absolute Gasteiger partial charge is 0.342 e. The van der Waals surface area contributed by atoms with Crippen molar-refractivity contribution in [3.63, 3.8) is 0 Å². The Labute approximate surface area is 137 Å². The first-order chi connectivity index (χ1) is 10.5. The van der Waals surface area contributed by atoms with Gasteiger partial charge in [-0.2, -0.15) is 0 Å². The van der Waals surface area contributed by atoms with Crippen LogP contribution in [0.3, 0.4) is 0 Å². The van der Waals surface area contributed by atoms with Crippen LogP contribution >= 0.6 is 11.6 Å². The molecule has 120 valence electrons. The topological polar surface area (TPSA) is 40.6 Å². The van der Waals surface area contributed by atoms with Crippen LogP contribution in [0, 0.1) is 5.92 Å². The van der Waals surface area contributed by atoms with Crippen molar-refractivity contribution in [2.75, 3.05) is 24.5 Å². The molecule has 0 aliphatic carbocycles. The molecule has 4 nitrogen and oxygen atoms in total. The Bertz CT molecular complexity index is 547. The quantitative estimate of drug-likeness (QED) is 0.853. The number of amides is 2. The molecular formula is C17H23ClN2O2. The van der Waals surface area contributed by atoms with Crippen molar-refractivity contribution in [3.8, 4) is 0 Å². The van der Waals surface area contributed by atoms with Crippen LogP contribution in [0.25, 0.3) is 0 Å². The maximum absolute atomic E-state index is 12.3. The molecule has 5 heteroatoms. The van der Waals surface area contributed by atoms with E-state index in [-0.39, 0.29) is 11.8 Å². The first-order valence-electron chi connectivity index (χ1n) is 7.79. The van der Waals surface area contributed by atoms with Crippen LogP contribution in [0.2, 0.25) is 5.02 Å². The van der Waals surface area contributed by atoms with Gasteiger partial charge in [-0.1, -0.05) is 30.7 Å². The van der Waals surface area contributed by atoms with Crippen LogP contribution in [-0.2, 0) is 9.59 Å². The van der Waals surface area contributed by atoms with E-state index in [0.717, 1.165) is 19.5 Å². The zero-order valence-electron chi connectivity index (χ0n) is 13.2. The molecule has 1 aromatic rings. The molecule has 0 spiro atoms. The van der Waals surface area contributed by atoms with Gasteiger partial charge in [0, 0.05) is 33.0 Å². The molecule has 1 aliphatic rings. The highest BCUT2D eigenvalue weighted by Gasteiger charge is 2.22. The molecule has 0 radical (unpaired) electrons. The first kappa shape index (κ1) is 16.8. The summed E-state index contributed by atoms with van der Waals surface area (Å²) >= 11 is 6.16. The SMILES string of the molecule is CC(=O)N(CCC(=O)N1CCCC(C)C1)c1ccccc1Cl. The summed E-state index contributed by atoms with van der Waals surface area (Å²) in [6.45, 7) is 5.69.